The van der Waals surface area contributed by atoms with E-state index in [1.54, 1.807) is 0 Å². The van der Waals surface area contributed by atoms with Crippen molar-refractivity contribution in [2.75, 3.05) is 0 Å². The summed E-state index contributed by atoms with van der Waals surface area (Å²) in [5.74, 6) is 1.88. The molecular formula is C14H32Cl2N2. The summed E-state index contributed by atoms with van der Waals surface area (Å²) in [6.07, 6.45) is 10.4. The number of hydrogen-bond acceptors (Lipinski definition) is 2. The zero-order valence-electron chi connectivity index (χ0n) is 11.9. The second kappa shape index (κ2) is 11.3. The van der Waals surface area contributed by atoms with E-state index in [0.29, 0.717) is 12.1 Å². The van der Waals surface area contributed by atoms with E-state index in [1.807, 2.05) is 0 Å². The van der Waals surface area contributed by atoms with E-state index in [4.69, 9.17) is 11.5 Å². The van der Waals surface area contributed by atoms with Crippen molar-refractivity contribution in [3.8, 4) is 0 Å². The number of hydrogen-bond donors (Lipinski definition) is 2. The minimum Gasteiger partial charge on any atom is -0.328 e. The maximum Gasteiger partial charge on any atom is 0.00390 e. The van der Waals surface area contributed by atoms with Gasteiger partial charge in [0.25, 0.3) is 0 Å². The van der Waals surface area contributed by atoms with E-state index in [2.05, 4.69) is 13.8 Å². The molecule has 0 bridgehead atoms. The van der Waals surface area contributed by atoms with Gasteiger partial charge in [0.05, 0.1) is 0 Å². The molecule has 0 aromatic carbocycles. The summed E-state index contributed by atoms with van der Waals surface area (Å²) in [4.78, 5) is 0. The van der Waals surface area contributed by atoms with Crippen molar-refractivity contribution in [2.45, 2.75) is 77.3 Å². The van der Waals surface area contributed by atoms with Crippen LogP contribution in [0, 0.1) is 11.8 Å². The van der Waals surface area contributed by atoms with Crippen LogP contribution in [0.2, 0.25) is 0 Å². The van der Waals surface area contributed by atoms with Crippen LogP contribution in [0.3, 0.4) is 0 Å². The zero-order valence-corrected chi connectivity index (χ0v) is 13.6. The monoisotopic (exact) mass is 298 g/mol. The fourth-order valence-corrected chi connectivity index (χ4v) is 2.57. The van der Waals surface area contributed by atoms with E-state index < -0.39 is 0 Å². The Kier molecular flexibility index (Phi) is 13.1. The van der Waals surface area contributed by atoms with Gasteiger partial charge < -0.3 is 11.5 Å². The Morgan fingerprint density at radius 1 is 0.556 bits per heavy atom. The van der Waals surface area contributed by atoms with Gasteiger partial charge in [-0.1, -0.05) is 13.8 Å². The summed E-state index contributed by atoms with van der Waals surface area (Å²) in [5.41, 5.74) is 11.4. The molecular weight excluding hydrogens is 267 g/mol. The fraction of sp³-hybridized carbons (Fsp3) is 1.00. The van der Waals surface area contributed by atoms with Crippen molar-refractivity contribution < 1.29 is 0 Å². The normalized spacial score (nSPS) is 35.3. The molecule has 0 unspecified atom stereocenters. The highest BCUT2D eigenvalue weighted by Gasteiger charge is 2.14. The third-order valence-corrected chi connectivity index (χ3v) is 4.12. The average molecular weight is 299 g/mol. The molecule has 0 saturated heterocycles. The molecule has 2 nitrogen and oxygen atoms in total. The summed E-state index contributed by atoms with van der Waals surface area (Å²) >= 11 is 0. The van der Waals surface area contributed by atoms with Crippen LogP contribution in [0.1, 0.15) is 65.2 Å². The molecule has 2 rings (SSSR count). The molecule has 2 saturated carbocycles. The molecule has 0 spiro atoms. The summed E-state index contributed by atoms with van der Waals surface area (Å²) in [6.45, 7) is 4.62. The van der Waals surface area contributed by atoms with Gasteiger partial charge in [-0.05, 0) is 63.2 Å². The van der Waals surface area contributed by atoms with E-state index in [0.717, 1.165) is 11.8 Å². The zero-order chi connectivity index (χ0) is 12.0. The topological polar surface area (TPSA) is 52.0 Å². The van der Waals surface area contributed by atoms with E-state index in [-0.39, 0.29) is 24.8 Å². The summed E-state index contributed by atoms with van der Waals surface area (Å²) in [6, 6.07) is 1.04. The van der Waals surface area contributed by atoms with E-state index in [1.165, 1.54) is 51.4 Å². The standard InChI is InChI=1S/2C7H15N.2ClH/c2*1-6-2-4-7(8)5-3-6;;/h2*6-7H,2-5,8H2,1H3;2*1H. The van der Waals surface area contributed by atoms with Gasteiger partial charge in [0, 0.05) is 12.1 Å². The van der Waals surface area contributed by atoms with Crippen molar-refractivity contribution >= 4 is 24.8 Å². The second-order valence-electron chi connectivity index (χ2n) is 6.04. The SMILES string of the molecule is CC1CCC(N)CC1.CC1CCC(N)CC1.Cl.Cl. The molecule has 2 aliphatic rings. The first-order valence-corrected chi connectivity index (χ1v) is 7.09. The largest absolute Gasteiger partial charge is 0.328 e. The van der Waals surface area contributed by atoms with Crippen LogP contribution in [0.15, 0.2) is 0 Å². The minimum atomic E-state index is 0. The quantitative estimate of drug-likeness (QED) is 0.713. The first-order chi connectivity index (χ1) is 7.58. The minimum absolute atomic E-state index is 0. The number of rotatable bonds is 0. The Morgan fingerprint density at radius 3 is 0.944 bits per heavy atom. The molecule has 0 radical (unpaired) electrons. The molecule has 18 heavy (non-hydrogen) atoms. The van der Waals surface area contributed by atoms with Crippen LogP contribution in [-0.2, 0) is 0 Å². The summed E-state index contributed by atoms with van der Waals surface area (Å²) in [7, 11) is 0. The van der Waals surface area contributed by atoms with Crippen LogP contribution in [0.4, 0.5) is 0 Å². The van der Waals surface area contributed by atoms with Crippen molar-refractivity contribution in [3.05, 3.63) is 0 Å². The second-order valence-corrected chi connectivity index (χ2v) is 6.04. The van der Waals surface area contributed by atoms with E-state index in [9.17, 15) is 0 Å². The highest BCUT2D eigenvalue weighted by Crippen LogP contribution is 2.22. The van der Waals surface area contributed by atoms with Gasteiger partial charge in [0.15, 0.2) is 0 Å². The molecule has 4 heteroatoms. The van der Waals surface area contributed by atoms with Gasteiger partial charge >= 0.3 is 0 Å². The van der Waals surface area contributed by atoms with Gasteiger partial charge in [0.1, 0.15) is 0 Å². The lowest BCUT2D eigenvalue weighted by Gasteiger charge is -2.22. The molecule has 112 valence electrons. The molecule has 2 aliphatic carbocycles. The van der Waals surface area contributed by atoms with Gasteiger partial charge in [-0.25, -0.2) is 0 Å². The van der Waals surface area contributed by atoms with Crippen LogP contribution < -0.4 is 11.5 Å². The Bertz CT molecular complexity index is 135. The van der Waals surface area contributed by atoms with Crippen molar-refractivity contribution in [3.63, 3.8) is 0 Å². The predicted octanol–water partition coefficient (Wildman–Crippen LogP) is 3.89. The molecule has 0 atom stereocenters. The highest BCUT2D eigenvalue weighted by atomic mass is 35.5. The lowest BCUT2D eigenvalue weighted by molar-refractivity contribution is 0.348. The molecule has 0 aliphatic heterocycles. The maximum absolute atomic E-state index is 5.70. The lowest BCUT2D eigenvalue weighted by atomic mass is 9.88. The molecule has 4 N–H and O–H groups in total. The Labute approximate surface area is 125 Å². The highest BCUT2D eigenvalue weighted by molar-refractivity contribution is 5.85. The Morgan fingerprint density at radius 2 is 0.778 bits per heavy atom. The lowest BCUT2D eigenvalue weighted by Crippen LogP contribution is -2.25. The van der Waals surface area contributed by atoms with Gasteiger partial charge in [-0.2, -0.15) is 0 Å². The summed E-state index contributed by atoms with van der Waals surface area (Å²) in [5, 5.41) is 0. The van der Waals surface area contributed by atoms with Crippen LogP contribution in [-0.4, -0.2) is 12.1 Å². The Balaban J connectivity index is 0. The smallest absolute Gasteiger partial charge is 0.00390 e. The molecule has 0 amide bonds. The third-order valence-electron chi connectivity index (χ3n) is 4.12. The van der Waals surface area contributed by atoms with Crippen molar-refractivity contribution in [2.24, 2.45) is 23.3 Å². The predicted molar refractivity (Wildman–Crippen MR) is 85.7 cm³/mol. The summed E-state index contributed by atoms with van der Waals surface area (Å²) < 4.78 is 0. The Hall–Kier alpha value is 0.500. The average Bonchev–Trinajstić information content (AvgIpc) is 2.28. The number of halogens is 2. The fourth-order valence-electron chi connectivity index (χ4n) is 2.57. The van der Waals surface area contributed by atoms with Gasteiger partial charge in [0.2, 0.25) is 0 Å². The van der Waals surface area contributed by atoms with Gasteiger partial charge in [-0.15, -0.1) is 24.8 Å². The van der Waals surface area contributed by atoms with Gasteiger partial charge in [-0.3, -0.25) is 0 Å². The van der Waals surface area contributed by atoms with Crippen molar-refractivity contribution in [1.82, 2.24) is 0 Å². The van der Waals surface area contributed by atoms with Crippen LogP contribution >= 0.6 is 24.8 Å². The molecule has 2 fully saturated rings. The molecule has 0 aromatic heterocycles. The number of nitrogens with two attached hydrogens (primary N) is 2. The van der Waals surface area contributed by atoms with E-state index >= 15 is 0 Å². The molecule has 0 aromatic rings. The van der Waals surface area contributed by atoms with Crippen LogP contribution in [0.5, 0.6) is 0 Å². The molecule has 0 heterocycles. The third kappa shape index (κ3) is 9.43. The first-order valence-electron chi connectivity index (χ1n) is 7.09. The van der Waals surface area contributed by atoms with Crippen LogP contribution in [0.25, 0.3) is 0 Å². The maximum atomic E-state index is 5.70. The van der Waals surface area contributed by atoms with Crippen molar-refractivity contribution in [1.29, 1.82) is 0 Å². The first kappa shape index (κ1) is 20.8.